The highest BCUT2D eigenvalue weighted by atomic mass is 16.1. The molecule has 0 saturated heterocycles. The first-order chi connectivity index (χ1) is 17.4. The Morgan fingerprint density at radius 3 is 2.75 bits per heavy atom. The molecule has 8 N–H and O–H groups in total. The highest BCUT2D eigenvalue weighted by molar-refractivity contribution is 6.03. The fraction of sp³-hybridized carbons (Fsp3) is 0.292. The number of benzene rings is 1. The van der Waals surface area contributed by atoms with Crippen molar-refractivity contribution in [2.24, 2.45) is 37.2 Å². The Balaban J connectivity index is 2.01. The number of rotatable bonds is 9. The highest BCUT2D eigenvalue weighted by Crippen LogP contribution is 2.27. The summed E-state index contributed by atoms with van der Waals surface area (Å²) in [5.74, 6) is 0.321. The van der Waals surface area contributed by atoms with Crippen molar-refractivity contribution in [1.82, 2.24) is 9.97 Å². The van der Waals surface area contributed by atoms with Crippen LogP contribution in [0.4, 0.5) is 23.0 Å². The molecule has 1 saturated carbocycles. The van der Waals surface area contributed by atoms with Crippen LogP contribution in [0.25, 0.3) is 0 Å². The van der Waals surface area contributed by atoms with E-state index in [-0.39, 0.29) is 23.6 Å². The lowest BCUT2D eigenvalue weighted by atomic mass is 9.91. The summed E-state index contributed by atoms with van der Waals surface area (Å²) in [7, 11) is 0. The standard InChI is InChI=1S/C24H31N11O/c1-3-8-30-23(28-2)15-9-16(32-14-29-13-25)11-17(10-15)33-24-21(22(27)36)31-12-20(35-24)34-19-7-5-4-6-18(19)26/h3,8-14,18-19H,2,4-7,26H2,1H3,(H2,27,36)(H2,25,29,32)(H2,33,34,35). The van der Waals surface area contributed by atoms with E-state index < -0.39 is 5.91 Å². The maximum absolute atomic E-state index is 12.1. The zero-order valence-electron chi connectivity index (χ0n) is 20.1. The van der Waals surface area contributed by atoms with Crippen molar-refractivity contribution in [3.05, 3.63) is 47.9 Å². The molecule has 0 bridgehead atoms. The van der Waals surface area contributed by atoms with Gasteiger partial charge < -0.3 is 27.8 Å². The zero-order chi connectivity index (χ0) is 25.9. The van der Waals surface area contributed by atoms with Crippen molar-refractivity contribution in [2.45, 2.75) is 44.7 Å². The summed E-state index contributed by atoms with van der Waals surface area (Å²) in [6, 6.07) is 5.34. The fourth-order valence-corrected chi connectivity index (χ4v) is 3.77. The van der Waals surface area contributed by atoms with E-state index >= 15 is 0 Å². The lowest BCUT2D eigenvalue weighted by Gasteiger charge is -2.29. The Hall–Kier alpha value is -4.45. The van der Waals surface area contributed by atoms with Crippen LogP contribution < -0.4 is 27.8 Å². The molecule has 1 heterocycles. The maximum Gasteiger partial charge on any atom is 0.271 e. The van der Waals surface area contributed by atoms with E-state index in [0.717, 1.165) is 32.0 Å². The third-order valence-electron chi connectivity index (χ3n) is 5.45. The summed E-state index contributed by atoms with van der Waals surface area (Å²) in [6.45, 7) is 5.45. The quantitative estimate of drug-likeness (QED) is 0.263. The smallest absolute Gasteiger partial charge is 0.271 e. The Labute approximate surface area is 209 Å². The normalized spacial score (nSPS) is 18.7. The maximum atomic E-state index is 12.1. The lowest BCUT2D eigenvalue weighted by Crippen LogP contribution is -2.42. The van der Waals surface area contributed by atoms with Crippen LogP contribution >= 0.6 is 0 Å². The minimum atomic E-state index is -0.722. The number of nitrogens with zero attached hydrogens (tertiary/aromatic N) is 6. The Bertz CT molecular complexity index is 1200. The molecule has 12 heteroatoms. The van der Waals surface area contributed by atoms with E-state index in [1.165, 1.54) is 12.5 Å². The minimum absolute atomic E-state index is 0.0127. The van der Waals surface area contributed by atoms with Gasteiger partial charge in [-0.3, -0.25) is 4.79 Å². The predicted molar refractivity (Wildman–Crippen MR) is 146 cm³/mol. The van der Waals surface area contributed by atoms with E-state index in [2.05, 4.69) is 47.3 Å². The molecule has 12 nitrogen and oxygen atoms in total. The van der Waals surface area contributed by atoms with E-state index in [1.54, 1.807) is 30.5 Å². The first-order valence-electron chi connectivity index (χ1n) is 11.5. The molecule has 2 aromatic rings. The molecule has 0 aliphatic heterocycles. The van der Waals surface area contributed by atoms with Crippen LogP contribution in [0.5, 0.6) is 0 Å². The van der Waals surface area contributed by atoms with Gasteiger partial charge in [0.05, 0.1) is 18.2 Å². The SMILES string of the molecule is C=NC(=NC=CC)c1cc(N=CN=CN)cc(Nc2nc(NC3CCCCC3N)cnc2C(N)=O)c1. The van der Waals surface area contributed by atoms with Crippen LogP contribution in [0.1, 0.15) is 48.7 Å². The number of nitrogens with two attached hydrogens (primary N) is 3. The van der Waals surface area contributed by atoms with Gasteiger partial charge in [0.25, 0.3) is 5.91 Å². The van der Waals surface area contributed by atoms with E-state index in [0.29, 0.717) is 28.6 Å². The number of amides is 1. The third kappa shape index (κ3) is 7.03. The first-order valence-corrected chi connectivity index (χ1v) is 11.5. The van der Waals surface area contributed by atoms with Gasteiger partial charge in [-0.1, -0.05) is 18.9 Å². The molecular weight excluding hydrogens is 458 g/mol. The summed E-state index contributed by atoms with van der Waals surface area (Å²) in [4.78, 5) is 37.3. The van der Waals surface area contributed by atoms with Gasteiger partial charge in [-0.15, -0.1) is 0 Å². The summed E-state index contributed by atoms with van der Waals surface area (Å²) >= 11 is 0. The summed E-state index contributed by atoms with van der Waals surface area (Å²) in [5.41, 5.74) is 18.8. The van der Waals surface area contributed by atoms with Crippen LogP contribution in [0.15, 0.2) is 56.6 Å². The van der Waals surface area contributed by atoms with Crippen LogP contribution in [0.3, 0.4) is 0 Å². The van der Waals surface area contributed by atoms with Gasteiger partial charge in [-0.25, -0.2) is 29.9 Å². The lowest BCUT2D eigenvalue weighted by molar-refractivity contribution is 0.0996. The summed E-state index contributed by atoms with van der Waals surface area (Å²) < 4.78 is 0. The number of hydrogen-bond acceptors (Lipinski definition) is 8. The number of aromatic nitrogens is 2. The van der Waals surface area contributed by atoms with E-state index in [9.17, 15) is 4.79 Å². The number of anilines is 3. The van der Waals surface area contributed by atoms with Gasteiger partial charge in [0.1, 0.15) is 12.2 Å². The molecule has 1 fully saturated rings. The van der Waals surface area contributed by atoms with Gasteiger partial charge in [0.15, 0.2) is 17.3 Å². The molecule has 36 heavy (non-hydrogen) atoms. The average Bonchev–Trinajstić information content (AvgIpc) is 2.86. The molecule has 2 atom stereocenters. The molecule has 2 unspecified atom stereocenters. The number of allylic oxidation sites excluding steroid dienone is 1. The first kappa shape index (κ1) is 26.2. The van der Waals surface area contributed by atoms with Gasteiger partial charge in [-0.2, -0.15) is 0 Å². The minimum Gasteiger partial charge on any atom is -0.390 e. The topological polar surface area (TPSA) is 194 Å². The predicted octanol–water partition coefficient (Wildman–Crippen LogP) is 2.63. The largest absolute Gasteiger partial charge is 0.390 e. The van der Waals surface area contributed by atoms with Crippen molar-refractivity contribution in [2.75, 3.05) is 10.6 Å². The molecule has 1 amide bonds. The number of nitrogens with one attached hydrogen (secondary N) is 2. The Morgan fingerprint density at radius 1 is 1.25 bits per heavy atom. The molecular formula is C24H31N11O. The number of aliphatic imine (C=N–C) groups is 4. The second kappa shape index (κ2) is 12.9. The summed E-state index contributed by atoms with van der Waals surface area (Å²) in [5, 5.41) is 6.47. The fourth-order valence-electron chi connectivity index (χ4n) is 3.77. The molecule has 1 aromatic carbocycles. The highest BCUT2D eigenvalue weighted by Gasteiger charge is 2.23. The van der Waals surface area contributed by atoms with Crippen molar-refractivity contribution in [1.29, 1.82) is 0 Å². The van der Waals surface area contributed by atoms with Crippen LogP contribution in [-0.4, -0.2) is 53.2 Å². The van der Waals surface area contributed by atoms with Gasteiger partial charge >= 0.3 is 0 Å². The molecule has 0 spiro atoms. The molecule has 0 radical (unpaired) electrons. The van der Waals surface area contributed by atoms with Crippen molar-refractivity contribution in [3.8, 4) is 0 Å². The number of carbonyl (C=O) groups is 1. The molecule has 1 aromatic heterocycles. The Morgan fingerprint density at radius 2 is 2.06 bits per heavy atom. The average molecular weight is 490 g/mol. The van der Waals surface area contributed by atoms with E-state index in [4.69, 9.17) is 17.2 Å². The van der Waals surface area contributed by atoms with Crippen molar-refractivity contribution in [3.63, 3.8) is 0 Å². The monoisotopic (exact) mass is 489 g/mol. The zero-order valence-corrected chi connectivity index (χ0v) is 20.1. The van der Waals surface area contributed by atoms with Crippen LogP contribution in [-0.2, 0) is 0 Å². The number of hydrogen-bond donors (Lipinski definition) is 5. The van der Waals surface area contributed by atoms with Crippen LogP contribution in [0, 0.1) is 0 Å². The van der Waals surface area contributed by atoms with Crippen LogP contribution in [0.2, 0.25) is 0 Å². The Kier molecular flexibility index (Phi) is 9.34. The number of amidine groups is 1. The van der Waals surface area contributed by atoms with Crippen molar-refractivity contribution >= 4 is 54.1 Å². The van der Waals surface area contributed by atoms with Gasteiger partial charge in [0.2, 0.25) is 0 Å². The van der Waals surface area contributed by atoms with Crippen molar-refractivity contribution < 1.29 is 4.79 Å². The molecule has 1 aliphatic rings. The summed E-state index contributed by atoms with van der Waals surface area (Å²) in [6.07, 6.45) is 11.3. The molecule has 3 rings (SSSR count). The number of primary amides is 1. The number of carbonyl (C=O) groups excluding carboxylic acids is 1. The molecule has 188 valence electrons. The second-order valence-corrected chi connectivity index (χ2v) is 8.05. The second-order valence-electron chi connectivity index (χ2n) is 8.05. The molecule has 1 aliphatic carbocycles. The van der Waals surface area contributed by atoms with Gasteiger partial charge in [0, 0.05) is 29.5 Å². The third-order valence-corrected chi connectivity index (χ3v) is 5.45. The van der Waals surface area contributed by atoms with E-state index in [1.807, 2.05) is 6.92 Å². The van der Waals surface area contributed by atoms with Gasteiger partial charge in [-0.05, 0) is 44.7 Å².